The van der Waals surface area contributed by atoms with Gasteiger partial charge in [-0.25, -0.2) is 0 Å². The van der Waals surface area contributed by atoms with Gasteiger partial charge in [-0.2, -0.15) is 5.10 Å². The zero-order valence-corrected chi connectivity index (χ0v) is 16.7. The molecule has 0 radical (unpaired) electrons. The third-order valence-corrected chi connectivity index (χ3v) is 8.81. The number of hydrogen-bond acceptors (Lipinski definition) is 7. The fraction of sp³-hybridized carbons (Fsp3) is 0.385. The van der Waals surface area contributed by atoms with Crippen molar-refractivity contribution in [3.05, 3.63) is 34.9 Å². The molecule has 0 saturated heterocycles. The highest BCUT2D eigenvalue weighted by atomic mass is 35.5. The van der Waals surface area contributed by atoms with Gasteiger partial charge in [0, 0.05) is 10.6 Å². The van der Waals surface area contributed by atoms with Crippen molar-refractivity contribution in [2.45, 2.75) is 13.8 Å². The first-order chi connectivity index (χ1) is 10.5. The molecule has 0 heterocycles. The summed E-state index contributed by atoms with van der Waals surface area (Å²) in [5.74, 6) is 0. The molecule has 0 aliphatic heterocycles. The van der Waals surface area contributed by atoms with Crippen LogP contribution in [0.3, 0.4) is 0 Å². The average Bonchev–Trinajstić information content (AvgIpc) is 2.48. The van der Waals surface area contributed by atoms with Crippen molar-refractivity contribution in [3.63, 3.8) is 0 Å². The quantitative estimate of drug-likeness (QED) is 0.266. The van der Waals surface area contributed by atoms with Crippen molar-refractivity contribution >= 4 is 62.8 Å². The summed E-state index contributed by atoms with van der Waals surface area (Å²) in [7, 11) is 0. The summed E-state index contributed by atoms with van der Waals surface area (Å²) >= 11 is 14.3. The van der Waals surface area contributed by atoms with Crippen molar-refractivity contribution < 1.29 is 9.05 Å². The zero-order valence-electron chi connectivity index (χ0n) is 12.6. The Kier molecular flexibility index (Phi) is 9.91. The summed E-state index contributed by atoms with van der Waals surface area (Å²) in [5.41, 5.74) is -1.60. The summed E-state index contributed by atoms with van der Waals surface area (Å²) in [6.07, 6.45) is 3.53. The maximum Gasteiger partial charge on any atom is 0.254 e. The topological polar surface area (TPSA) is 43.2 Å². The Morgan fingerprint density at radius 1 is 1.32 bits per heavy atom. The van der Waals surface area contributed by atoms with Crippen LogP contribution in [0.2, 0.25) is 5.02 Å². The smallest absolute Gasteiger partial charge is 0.254 e. The molecule has 4 nitrogen and oxygen atoms in total. The van der Waals surface area contributed by atoms with E-state index >= 15 is 0 Å². The van der Waals surface area contributed by atoms with Gasteiger partial charge in [-0.05, 0) is 49.4 Å². The van der Waals surface area contributed by atoms with E-state index in [-0.39, 0.29) is 0 Å². The largest absolute Gasteiger partial charge is 0.322 e. The van der Waals surface area contributed by atoms with Gasteiger partial charge in [0.15, 0.2) is 4.38 Å². The SMILES string of the molecule is CCOP(=S)(OCC)S/C(=N\N=C\c1ccccc1Cl)SC. The molecule has 122 valence electrons. The van der Waals surface area contributed by atoms with E-state index in [1.807, 2.05) is 38.3 Å². The maximum atomic E-state index is 6.06. The lowest BCUT2D eigenvalue weighted by atomic mass is 10.2. The molecule has 0 aliphatic carbocycles. The predicted molar refractivity (Wildman–Crippen MR) is 105 cm³/mol. The fourth-order valence-corrected chi connectivity index (χ4v) is 7.89. The lowest BCUT2D eigenvalue weighted by molar-refractivity contribution is 0.281. The van der Waals surface area contributed by atoms with Gasteiger partial charge in [0.2, 0.25) is 0 Å². The number of benzene rings is 1. The molecule has 0 amide bonds. The summed E-state index contributed by atoms with van der Waals surface area (Å²) in [4.78, 5) is 0. The van der Waals surface area contributed by atoms with Crippen molar-refractivity contribution in [1.29, 1.82) is 0 Å². The first-order valence-electron chi connectivity index (χ1n) is 6.53. The van der Waals surface area contributed by atoms with Crippen molar-refractivity contribution in [1.82, 2.24) is 0 Å². The van der Waals surface area contributed by atoms with E-state index in [9.17, 15) is 0 Å². The van der Waals surface area contributed by atoms with Crippen LogP contribution >= 0.6 is 40.4 Å². The number of rotatable bonds is 7. The zero-order chi connectivity index (χ0) is 16.4. The molecule has 0 spiro atoms. The Morgan fingerprint density at radius 2 is 1.95 bits per heavy atom. The standard InChI is InChI=1S/C13H18ClN2O2PS3/c1-4-17-19(20,18-5-2)22-13(21-3)16-15-10-11-8-6-7-9-12(11)14/h6-10H,4-5H2,1-3H3/b15-10+,16-13-. The number of thioether (sulfide) groups is 1. The van der Waals surface area contributed by atoms with Gasteiger partial charge in [-0.3, -0.25) is 0 Å². The molecule has 0 atom stereocenters. The third-order valence-electron chi connectivity index (χ3n) is 2.18. The highest BCUT2D eigenvalue weighted by Gasteiger charge is 2.22. The second-order valence-corrected chi connectivity index (χ2v) is 11.3. The Labute approximate surface area is 150 Å². The van der Waals surface area contributed by atoms with Crippen molar-refractivity contribution in [3.8, 4) is 0 Å². The van der Waals surface area contributed by atoms with Gasteiger partial charge in [-0.1, -0.05) is 29.8 Å². The second kappa shape index (κ2) is 10.8. The van der Waals surface area contributed by atoms with E-state index in [0.29, 0.717) is 22.6 Å². The van der Waals surface area contributed by atoms with Crippen LogP contribution in [-0.2, 0) is 20.9 Å². The summed E-state index contributed by atoms with van der Waals surface area (Å²) in [6, 6.07) is 7.44. The average molecular weight is 397 g/mol. The van der Waals surface area contributed by atoms with E-state index in [1.165, 1.54) is 23.1 Å². The van der Waals surface area contributed by atoms with Crippen LogP contribution in [0.5, 0.6) is 0 Å². The minimum absolute atomic E-state index is 0.509. The first kappa shape index (κ1) is 20.2. The molecule has 0 aliphatic rings. The summed E-state index contributed by atoms with van der Waals surface area (Å²) < 4.78 is 11.9. The molecule has 0 saturated carbocycles. The highest BCUT2D eigenvalue weighted by Crippen LogP contribution is 2.62. The highest BCUT2D eigenvalue weighted by molar-refractivity contribution is 8.78. The van der Waals surface area contributed by atoms with Crippen LogP contribution in [0.1, 0.15) is 19.4 Å². The van der Waals surface area contributed by atoms with Gasteiger partial charge in [-0.15, -0.1) is 16.9 Å². The summed E-state index contributed by atoms with van der Waals surface area (Å²) in [6.45, 7) is 4.81. The molecule has 0 bridgehead atoms. The van der Waals surface area contributed by atoms with Crippen LogP contribution in [0.25, 0.3) is 0 Å². The molecule has 9 heteroatoms. The lowest BCUT2D eigenvalue weighted by Crippen LogP contribution is -1.95. The van der Waals surface area contributed by atoms with Crippen LogP contribution in [0, 0.1) is 0 Å². The molecular formula is C13H18ClN2O2PS3. The molecule has 0 aromatic heterocycles. The van der Waals surface area contributed by atoms with E-state index in [1.54, 1.807) is 12.3 Å². The normalized spacial score (nSPS) is 13.0. The van der Waals surface area contributed by atoms with Gasteiger partial charge in [0.25, 0.3) is 5.69 Å². The molecule has 0 N–H and O–H groups in total. The molecule has 0 fully saturated rings. The van der Waals surface area contributed by atoms with Crippen LogP contribution in [0.15, 0.2) is 34.5 Å². The third kappa shape index (κ3) is 7.13. The van der Waals surface area contributed by atoms with E-state index in [4.69, 9.17) is 32.5 Å². The van der Waals surface area contributed by atoms with Crippen molar-refractivity contribution in [2.75, 3.05) is 19.5 Å². The number of halogens is 1. The monoisotopic (exact) mass is 396 g/mol. The molecule has 1 rings (SSSR count). The summed E-state index contributed by atoms with van der Waals surface area (Å²) in [5, 5.41) is 8.89. The van der Waals surface area contributed by atoms with Crippen LogP contribution in [-0.4, -0.2) is 30.1 Å². The lowest BCUT2D eigenvalue weighted by Gasteiger charge is -2.19. The predicted octanol–water partition coefficient (Wildman–Crippen LogP) is 5.42. The van der Waals surface area contributed by atoms with Crippen LogP contribution < -0.4 is 0 Å². The molecule has 1 aromatic rings. The fourth-order valence-electron chi connectivity index (χ4n) is 1.32. The molecule has 1 aromatic carbocycles. The van der Waals surface area contributed by atoms with Crippen molar-refractivity contribution in [2.24, 2.45) is 10.2 Å². The number of hydrogen-bond donors (Lipinski definition) is 0. The Bertz CT molecular complexity index is 574. The Hall–Kier alpha value is 0.120. The molecule has 22 heavy (non-hydrogen) atoms. The number of nitrogens with zero attached hydrogens (tertiary/aromatic N) is 2. The van der Waals surface area contributed by atoms with Gasteiger partial charge < -0.3 is 9.05 Å². The molecular weight excluding hydrogens is 379 g/mol. The molecule has 0 unspecified atom stereocenters. The van der Waals surface area contributed by atoms with Crippen LogP contribution in [0.4, 0.5) is 0 Å². The minimum atomic E-state index is -2.42. The first-order valence-corrected chi connectivity index (χ1v) is 12.2. The minimum Gasteiger partial charge on any atom is -0.322 e. The van der Waals surface area contributed by atoms with Gasteiger partial charge in [0.05, 0.1) is 19.4 Å². The Balaban J connectivity index is 2.82. The van der Waals surface area contributed by atoms with E-state index in [0.717, 1.165) is 5.56 Å². The van der Waals surface area contributed by atoms with Gasteiger partial charge >= 0.3 is 0 Å². The maximum absolute atomic E-state index is 6.06. The van der Waals surface area contributed by atoms with Gasteiger partial charge in [0.1, 0.15) is 0 Å². The van der Waals surface area contributed by atoms with E-state index in [2.05, 4.69) is 10.2 Å². The second-order valence-electron chi connectivity index (χ2n) is 3.71. The Morgan fingerprint density at radius 3 is 2.50 bits per heavy atom. The van der Waals surface area contributed by atoms with E-state index < -0.39 is 5.69 Å².